The minimum absolute atomic E-state index is 0.00774. The average molecular weight is 249 g/mol. The van der Waals surface area contributed by atoms with Gasteiger partial charge in [0.25, 0.3) is 0 Å². The van der Waals surface area contributed by atoms with Crippen molar-refractivity contribution in [1.82, 2.24) is 5.32 Å². The van der Waals surface area contributed by atoms with E-state index in [1.54, 1.807) is 12.1 Å². The van der Waals surface area contributed by atoms with Crippen molar-refractivity contribution in [3.8, 4) is 5.75 Å². The molecule has 2 rings (SSSR count). The number of hydrogen-bond donors (Lipinski definition) is 1. The van der Waals surface area contributed by atoms with Crippen LogP contribution in [-0.2, 0) is 0 Å². The highest BCUT2D eigenvalue weighted by Crippen LogP contribution is 2.26. The van der Waals surface area contributed by atoms with Crippen molar-refractivity contribution in [1.29, 1.82) is 0 Å². The van der Waals surface area contributed by atoms with Gasteiger partial charge in [0.1, 0.15) is 0 Å². The Hall–Kier alpha value is -1.35. The predicted octanol–water partition coefficient (Wildman–Crippen LogP) is 3.38. The van der Waals surface area contributed by atoms with Gasteiger partial charge in [0.2, 0.25) is 0 Å². The van der Waals surface area contributed by atoms with Gasteiger partial charge in [-0.15, -0.1) is 0 Å². The molecule has 18 heavy (non-hydrogen) atoms. The van der Waals surface area contributed by atoms with Gasteiger partial charge in [-0.2, -0.15) is 0 Å². The quantitative estimate of drug-likeness (QED) is 0.886. The number of hydrogen-bond acceptors (Lipinski definition) is 2. The molecule has 0 unspecified atom stereocenters. The van der Waals surface area contributed by atoms with Crippen molar-refractivity contribution in [2.75, 3.05) is 13.1 Å². The van der Waals surface area contributed by atoms with Crippen molar-refractivity contribution in [3.63, 3.8) is 0 Å². The number of rotatable bonds is 3. The van der Waals surface area contributed by atoms with Crippen LogP contribution in [0.25, 0.3) is 5.57 Å². The fraction of sp³-hybridized carbons (Fsp3) is 0.467. The lowest BCUT2D eigenvalue weighted by atomic mass is 10.0. The van der Waals surface area contributed by atoms with Gasteiger partial charge in [-0.3, -0.25) is 0 Å². The molecule has 0 saturated heterocycles. The smallest absolute Gasteiger partial charge is 0.165 e. The lowest BCUT2D eigenvalue weighted by molar-refractivity contribution is 0.231. The Morgan fingerprint density at radius 3 is 2.83 bits per heavy atom. The van der Waals surface area contributed by atoms with E-state index in [2.05, 4.69) is 11.4 Å². The molecule has 0 aliphatic carbocycles. The minimum Gasteiger partial charge on any atom is -0.488 e. The first-order valence-corrected chi connectivity index (χ1v) is 6.53. The molecular weight excluding hydrogens is 229 g/mol. The molecule has 98 valence electrons. The molecular formula is C15H20FNO. The molecule has 0 atom stereocenters. The molecule has 0 spiro atoms. The predicted molar refractivity (Wildman–Crippen MR) is 72.2 cm³/mol. The molecule has 1 aromatic carbocycles. The van der Waals surface area contributed by atoms with Gasteiger partial charge in [0.05, 0.1) is 6.10 Å². The Bertz CT molecular complexity index is 440. The van der Waals surface area contributed by atoms with Gasteiger partial charge in [-0.25, -0.2) is 4.39 Å². The Kier molecular flexibility index (Phi) is 4.37. The summed E-state index contributed by atoms with van der Waals surface area (Å²) in [7, 11) is 0. The van der Waals surface area contributed by atoms with Crippen molar-refractivity contribution in [2.45, 2.75) is 32.8 Å². The second-order valence-electron chi connectivity index (χ2n) is 4.83. The van der Waals surface area contributed by atoms with E-state index in [-0.39, 0.29) is 11.9 Å². The fourth-order valence-electron chi connectivity index (χ4n) is 2.11. The summed E-state index contributed by atoms with van der Waals surface area (Å²) >= 11 is 0. The summed E-state index contributed by atoms with van der Waals surface area (Å²) in [4.78, 5) is 0. The maximum Gasteiger partial charge on any atom is 0.165 e. The molecule has 1 aromatic rings. The number of halogens is 1. The molecule has 1 aliphatic rings. The van der Waals surface area contributed by atoms with Crippen LogP contribution in [0.2, 0.25) is 0 Å². The number of nitrogens with one attached hydrogen (secondary N) is 1. The number of ether oxygens (including phenoxy) is 1. The van der Waals surface area contributed by atoms with Crippen LogP contribution in [-0.4, -0.2) is 19.2 Å². The van der Waals surface area contributed by atoms with Crippen LogP contribution in [0, 0.1) is 5.82 Å². The van der Waals surface area contributed by atoms with Crippen molar-refractivity contribution >= 4 is 5.57 Å². The molecule has 1 heterocycles. The van der Waals surface area contributed by atoms with Crippen LogP contribution in [0.1, 0.15) is 32.3 Å². The maximum absolute atomic E-state index is 13.9. The van der Waals surface area contributed by atoms with E-state index in [0.717, 1.165) is 31.5 Å². The first-order valence-electron chi connectivity index (χ1n) is 6.53. The van der Waals surface area contributed by atoms with E-state index >= 15 is 0 Å². The lowest BCUT2D eigenvalue weighted by Gasteiger charge is -2.12. The van der Waals surface area contributed by atoms with E-state index in [4.69, 9.17) is 4.74 Å². The molecule has 1 N–H and O–H groups in total. The topological polar surface area (TPSA) is 21.3 Å². The summed E-state index contributed by atoms with van der Waals surface area (Å²) in [5.74, 6) is 0.0559. The van der Waals surface area contributed by atoms with Gasteiger partial charge in [-0.1, -0.05) is 12.1 Å². The van der Waals surface area contributed by atoms with Gasteiger partial charge in [0, 0.05) is 0 Å². The Morgan fingerprint density at radius 2 is 2.11 bits per heavy atom. The Balaban J connectivity index is 2.19. The molecule has 1 aliphatic heterocycles. The van der Waals surface area contributed by atoms with Gasteiger partial charge >= 0.3 is 0 Å². The summed E-state index contributed by atoms with van der Waals surface area (Å²) in [6.45, 7) is 5.75. The fourth-order valence-corrected chi connectivity index (χ4v) is 2.11. The third kappa shape index (κ3) is 3.33. The van der Waals surface area contributed by atoms with Crippen LogP contribution < -0.4 is 10.1 Å². The summed E-state index contributed by atoms with van der Waals surface area (Å²) in [5.41, 5.74) is 2.18. The Labute approximate surface area is 108 Å². The van der Waals surface area contributed by atoms with Gasteiger partial charge in [0.15, 0.2) is 11.6 Å². The Morgan fingerprint density at radius 1 is 1.28 bits per heavy atom. The zero-order chi connectivity index (χ0) is 13.0. The second kappa shape index (κ2) is 6.01. The van der Waals surface area contributed by atoms with E-state index in [0.29, 0.717) is 5.75 Å². The summed E-state index contributed by atoms with van der Waals surface area (Å²) in [5, 5.41) is 3.33. The van der Waals surface area contributed by atoms with E-state index in [9.17, 15) is 4.39 Å². The summed E-state index contributed by atoms with van der Waals surface area (Å²) in [6, 6.07) is 5.25. The molecule has 0 bridgehead atoms. The highest BCUT2D eigenvalue weighted by atomic mass is 19.1. The zero-order valence-corrected chi connectivity index (χ0v) is 11.0. The largest absolute Gasteiger partial charge is 0.488 e. The van der Waals surface area contributed by atoms with Crippen molar-refractivity contribution in [2.24, 2.45) is 0 Å². The van der Waals surface area contributed by atoms with Crippen LogP contribution in [0.5, 0.6) is 5.75 Å². The molecule has 0 fully saturated rings. The lowest BCUT2D eigenvalue weighted by Crippen LogP contribution is -2.13. The standard InChI is InChI=1S/C15H20FNO/c1-11(2)18-15-6-5-13(10-14(15)16)12-4-3-8-17-9-7-12/h4-6,10-11,17H,3,7-9H2,1-2H3. The molecule has 0 amide bonds. The third-order valence-corrected chi connectivity index (χ3v) is 2.95. The SMILES string of the molecule is CC(C)Oc1ccc(C2=CCCNCC2)cc1F. The van der Waals surface area contributed by atoms with Crippen molar-refractivity contribution in [3.05, 3.63) is 35.7 Å². The van der Waals surface area contributed by atoms with Crippen LogP contribution in [0.4, 0.5) is 4.39 Å². The molecule has 2 nitrogen and oxygen atoms in total. The van der Waals surface area contributed by atoms with Gasteiger partial charge in [-0.05, 0) is 63.0 Å². The first kappa shape index (κ1) is 13.1. The first-order chi connectivity index (χ1) is 8.66. The molecule has 0 aromatic heterocycles. The van der Waals surface area contributed by atoms with Crippen LogP contribution in [0.15, 0.2) is 24.3 Å². The third-order valence-electron chi connectivity index (χ3n) is 2.95. The van der Waals surface area contributed by atoms with E-state index in [1.165, 1.54) is 5.57 Å². The molecule has 0 saturated carbocycles. The highest BCUT2D eigenvalue weighted by Gasteiger charge is 2.10. The van der Waals surface area contributed by atoms with E-state index < -0.39 is 0 Å². The summed E-state index contributed by atoms with van der Waals surface area (Å²) < 4.78 is 19.3. The average Bonchev–Trinajstić information content (AvgIpc) is 2.60. The second-order valence-corrected chi connectivity index (χ2v) is 4.83. The monoisotopic (exact) mass is 249 g/mol. The maximum atomic E-state index is 13.9. The number of benzene rings is 1. The minimum atomic E-state index is -0.278. The normalized spacial score (nSPS) is 16.3. The van der Waals surface area contributed by atoms with E-state index in [1.807, 2.05) is 19.9 Å². The molecule has 0 radical (unpaired) electrons. The highest BCUT2D eigenvalue weighted by molar-refractivity contribution is 5.66. The zero-order valence-electron chi connectivity index (χ0n) is 11.0. The molecule has 3 heteroatoms. The van der Waals surface area contributed by atoms with Gasteiger partial charge < -0.3 is 10.1 Å². The van der Waals surface area contributed by atoms with Crippen molar-refractivity contribution < 1.29 is 9.13 Å². The van der Waals surface area contributed by atoms with Crippen LogP contribution >= 0.6 is 0 Å². The van der Waals surface area contributed by atoms with Crippen LogP contribution in [0.3, 0.4) is 0 Å². The summed E-state index contributed by atoms with van der Waals surface area (Å²) in [6.07, 6.45) is 4.13.